The van der Waals surface area contributed by atoms with Gasteiger partial charge in [0, 0.05) is 12.1 Å². The van der Waals surface area contributed by atoms with Crippen LogP contribution in [0, 0.1) is 0 Å². The Balaban J connectivity index is 1.67. The summed E-state index contributed by atoms with van der Waals surface area (Å²) in [7, 11) is -3.90. The normalized spacial score (nSPS) is 12.1. The van der Waals surface area contributed by atoms with Crippen molar-refractivity contribution in [1.29, 1.82) is 0 Å². The van der Waals surface area contributed by atoms with Crippen molar-refractivity contribution in [2.45, 2.75) is 31.2 Å². The molecule has 8 nitrogen and oxygen atoms in total. The Hall–Kier alpha value is -3.60. The van der Waals surface area contributed by atoms with Crippen molar-refractivity contribution in [3.05, 3.63) is 94.3 Å². The van der Waals surface area contributed by atoms with Crippen molar-refractivity contribution in [2.75, 3.05) is 6.61 Å². The summed E-state index contributed by atoms with van der Waals surface area (Å²) < 4.78 is 30.9. The molecule has 0 spiro atoms. The summed E-state index contributed by atoms with van der Waals surface area (Å²) in [6.45, 7) is 2.21. The Kier molecular flexibility index (Phi) is 7.78. The maximum absolute atomic E-state index is 13.0. The van der Waals surface area contributed by atoms with E-state index in [9.17, 15) is 18.0 Å². The van der Waals surface area contributed by atoms with Crippen molar-refractivity contribution in [2.24, 2.45) is 10.1 Å². The van der Waals surface area contributed by atoms with E-state index in [1.165, 1.54) is 17.7 Å². The van der Waals surface area contributed by atoms with Crippen LogP contribution in [0.25, 0.3) is 10.2 Å². The summed E-state index contributed by atoms with van der Waals surface area (Å²) in [6.07, 6.45) is 0.829. The van der Waals surface area contributed by atoms with Crippen LogP contribution in [0.15, 0.2) is 82.7 Å². The number of carbonyl (C=O) groups excluding carboxylic acids is 2. The van der Waals surface area contributed by atoms with E-state index in [-0.39, 0.29) is 30.4 Å². The molecule has 36 heavy (non-hydrogen) atoms. The fourth-order valence-electron chi connectivity index (χ4n) is 3.72. The molecule has 0 unspecified atom stereocenters. The number of amides is 1. The van der Waals surface area contributed by atoms with Crippen molar-refractivity contribution in [3.8, 4) is 0 Å². The van der Waals surface area contributed by atoms with Gasteiger partial charge in [0.05, 0.1) is 28.1 Å². The number of benzene rings is 3. The van der Waals surface area contributed by atoms with Crippen LogP contribution in [0.5, 0.6) is 0 Å². The largest absolute Gasteiger partial charge is 0.466 e. The molecule has 0 atom stereocenters. The highest BCUT2D eigenvalue weighted by Gasteiger charge is 2.15. The molecule has 1 aromatic heterocycles. The number of thiazole rings is 1. The van der Waals surface area contributed by atoms with Gasteiger partial charge in [0.15, 0.2) is 4.80 Å². The van der Waals surface area contributed by atoms with Crippen LogP contribution < -0.4 is 9.94 Å². The minimum atomic E-state index is -3.90. The first-order valence-electron chi connectivity index (χ1n) is 11.3. The number of carbonyl (C=O) groups is 2. The minimum absolute atomic E-state index is 0.0410. The Morgan fingerprint density at radius 3 is 2.36 bits per heavy atom. The summed E-state index contributed by atoms with van der Waals surface area (Å²) in [5.74, 6) is -0.818. The standard InChI is InChI=1S/C26H25N3O5S2/c1-2-34-24(30)14-15-29-22-13-12-21(36(27,32)33)17-23(22)35-26(29)28-25(31)20-10-8-19(9-11-20)16-18-6-4-3-5-7-18/h3-13,17H,2,14-16H2,1H3,(H2,27,32,33). The summed E-state index contributed by atoms with van der Waals surface area (Å²) in [5.41, 5.74) is 3.31. The quantitative estimate of drug-likeness (QED) is 0.354. The van der Waals surface area contributed by atoms with E-state index in [1.807, 2.05) is 42.5 Å². The Morgan fingerprint density at radius 2 is 1.69 bits per heavy atom. The second kappa shape index (κ2) is 11.0. The van der Waals surface area contributed by atoms with Crippen LogP contribution in [-0.4, -0.2) is 31.5 Å². The Bertz CT molecular complexity index is 1570. The van der Waals surface area contributed by atoms with Crippen LogP contribution in [-0.2, 0) is 32.5 Å². The van der Waals surface area contributed by atoms with Crippen molar-refractivity contribution in [1.82, 2.24) is 4.57 Å². The zero-order valence-electron chi connectivity index (χ0n) is 19.6. The van der Waals surface area contributed by atoms with E-state index in [0.717, 1.165) is 23.3 Å². The lowest BCUT2D eigenvalue weighted by molar-refractivity contribution is -0.143. The van der Waals surface area contributed by atoms with Gasteiger partial charge in [-0.3, -0.25) is 9.59 Å². The van der Waals surface area contributed by atoms with Gasteiger partial charge in [0.2, 0.25) is 10.0 Å². The second-order valence-corrected chi connectivity index (χ2v) is 10.6. The van der Waals surface area contributed by atoms with Gasteiger partial charge >= 0.3 is 5.97 Å². The maximum Gasteiger partial charge on any atom is 0.307 e. The SMILES string of the molecule is CCOC(=O)CCn1c(=NC(=O)c2ccc(Cc3ccccc3)cc2)sc2cc(S(N)(=O)=O)ccc21. The molecule has 1 amide bonds. The molecule has 0 saturated heterocycles. The van der Waals surface area contributed by atoms with Gasteiger partial charge in [0.25, 0.3) is 5.91 Å². The summed E-state index contributed by atoms with van der Waals surface area (Å²) in [6, 6.07) is 21.7. The molecule has 4 aromatic rings. The number of rotatable bonds is 8. The molecule has 10 heteroatoms. The van der Waals surface area contributed by atoms with Crippen molar-refractivity contribution < 1.29 is 22.7 Å². The first kappa shape index (κ1) is 25.5. The van der Waals surface area contributed by atoms with Gasteiger partial charge in [-0.2, -0.15) is 4.99 Å². The summed E-state index contributed by atoms with van der Waals surface area (Å²) in [5, 5.41) is 5.27. The topological polar surface area (TPSA) is 121 Å². The van der Waals surface area contributed by atoms with Crippen LogP contribution >= 0.6 is 11.3 Å². The second-order valence-electron chi connectivity index (χ2n) is 8.04. The molecule has 0 bridgehead atoms. The number of ether oxygens (including phenoxy) is 1. The molecule has 4 rings (SSSR count). The molecule has 1 heterocycles. The van der Waals surface area contributed by atoms with E-state index in [0.29, 0.717) is 20.6 Å². The van der Waals surface area contributed by atoms with Crippen molar-refractivity contribution >= 4 is 43.5 Å². The molecule has 2 N–H and O–H groups in total. The number of primary sulfonamides is 1. The van der Waals surface area contributed by atoms with Gasteiger partial charge in [-0.25, -0.2) is 13.6 Å². The van der Waals surface area contributed by atoms with Gasteiger partial charge in [0.1, 0.15) is 0 Å². The fourth-order valence-corrected chi connectivity index (χ4v) is 5.42. The molecular weight excluding hydrogens is 498 g/mol. The molecule has 0 aliphatic heterocycles. The van der Waals surface area contributed by atoms with E-state index in [1.54, 1.807) is 29.7 Å². The predicted octanol–water partition coefficient (Wildman–Crippen LogP) is 3.64. The molecule has 0 aliphatic carbocycles. The van der Waals surface area contributed by atoms with E-state index in [4.69, 9.17) is 9.88 Å². The Morgan fingerprint density at radius 1 is 1.00 bits per heavy atom. The summed E-state index contributed by atoms with van der Waals surface area (Å²) >= 11 is 1.15. The van der Waals surface area contributed by atoms with Crippen LogP contribution in [0.3, 0.4) is 0 Å². The molecule has 3 aromatic carbocycles. The number of aryl methyl sites for hydroxylation is 1. The number of aromatic nitrogens is 1. The number of nitrogens with zero attached hydrogens (tertiary/aromatic N) is 2. The number of hydrogen-bond acceptors (Lipinski definition) is 6. The molecule has 0 fully saturated rings. The number of esters is 1. The lowest BCUT2D eigenvalue weighted by Gasteiger charge is -2.06. The first-order valence-corrected chi connectivity index (χ1v) is 13.6. The summed E-state index contributed by atoms with van der Waals surface area (Å²) in [4.78, 5) is 29.6. The number of hydrogen-bond donors (Lipinski definition) is 1. The zero-order valence-corrected chi connectivity index (χ0v) is 21.2. The van der Waals surface area contributed by atoms with Crippen LogP contribution in [0.1, 0.15) is 34.8 Å². The minimum Gasteiger partial charge on any atom is -0.466 e. The molecular formula is C26H25N3O5S2. The van der Waals surface area contributed by atoms with Gasteiger partial charge < -0.3 is 9.30 Å². The van der Waals surface area contributed by atoms with Gasteiger partial charge in [-0.05, 0) is 54.8 Å². The van der Waals surface area contributed by atoms with Gasteiger partial charge in [-0.1, -0.05) is 53.8 Å². The fraction of sp³-hybridized carbons (Fsp3) is 0.192. The average Bonchev–Trinajstić information content (AvgIpc) is 3.19. The first-order chi connectivity index (χ1) is 17.2. The highest BCUT2D eigenvalue weighted by molar-refractivity contribution is 7.89. The predicted molar refractivity (Wildman–Crippen MR) is 138 cm³/mol. The molecule has 0 saturated carbocycles. The molecule has 0 aliphatic rings. The Labute approximate surface area is 212 Å². The lowest BCUT2D eigenvalue weighted by atomic mass is 10.0. The van der Waals surface area contributed by atoms with Crippen LogP contribution in [0.2, 0.25) is 0 Å². The molecule has 186 valence electrons. The average molecular weight is 524 g/mol. The van der Waals surface area contributed by atoms with E-state index in [2.05, 4.69) is 4.99 Å². The highest BCUT2D eigenvalue weighted by atomic mass is 32.2. The third-order valence-electron chi connectivity index (χ3n) is 5.48. The third kappa shape index (κ3) is 6.14. The van der Waals surface area contributed by atoms with E-state index >= 15 is 0 Å². The van der Waals surface area contributed by atoms with Gasteiger partial charge in [-0.15, -0.1) is 0 Å². The third-order valence-corrected chi connectivity index (χ3v) is 7.43. The van der Waals surface area contributed by atoms with Crippen LogP contribution in [0.4, 0.5) is 0 Å². The highest BCUT2D eigenvalue weighted by Crippen LogP contribution is 2.22. The number of fused-ring (bicyclic) bond motifs is 1. The number of sulfonamides is 1. The zero-order chi connectivity index (χ0) is 25.7. The van der Waals surface area contributed by atoms with E-state index < -0.39 is 15.9 Å². The maximum atomic E-state index is 13.0. The monoisotopic (exact) mass is 523 g/mol. The smallest absolute Gasteiger partial charge is 0.307 e. The van der Waals surface area contributed by atoms with Crippen molar-refractivity contribution in [3.63, 3.8) is 0 Å². The number of nitrogens with two attached hydrogens (primary N) is 1. The molecule has 0 radical (unpaired) electrons. The lowest BCUT2D eigenvalue weighted by Crippen LogP contribution is -2.19.